The molecule has 1 amide bonds. The van der Waals surface area contributed by atoms with Crippen molar-refractivity contribution in [2.24, 2.45) is 0 Å². The van der Waals surface area contributed by atoms with Crippen LogP contribution in [-0.4, -0.2) is 44.0 Å². The number of halogens is 1. The third-order valence-electron chi connectivity index (χ3n) is 4.87. The van der Waals surface area contributed by atoms with Crippen molar-refractivity contribution >= 4 is 39.3 Å². The SMILES string of the molecule is Cc1ccc(S(=O)(=O)N2CCCC2)cc1C(=O)NCCSCc1ccc(Cl)cc1. The number of amides is 1. The van der Waals surface area contributed by atoms with Crippen LogP contribution in [0.5, 0.6) is 0 Å². The second-order valence-electron chi connectivity index (χ2n) is 7.02. The zero-order chi connectivity index (χ0) is 20.9. The van der Waals surface area contributed by atoms with Crippen LogP contribution in [0.3, 0.4) is 0 Å². The van der Waals surface area contributed by atoms with Gasteiger partial charge in [-0.15, -0.1) is 0 Å². The summed E-state index contributed by atoms with van der Waals surface area (Å²) in [7, 11) is -3.53. The van der Waals surface area contributed by atoms with E-state index in [9.17, 15) is 13.2 Å². The third kappa shape index (κ3) is 5.75. The van der Waals surface area contributed by atoms with E-state index in [1.54, 1.807) is 23.9 Å². The maximum atomic E-state index is 12.8. The average Bonchev–Trinajstić information content (AvgIpc) is 3.25. The Bertz CT molecular complexity index is 956. The summed E-state index contributed by atoms with van der Waals surface area (Å²) in [6.07, 6.45) is 1.76. The van der Waals surface area contributed by atoms with Gasteiger partial charge in [0, 0.05) is 41.7 Å². The lowest BCUT2D eigenvalue weighted by molar-refractivity contribution is 0.0955. The summed E-state index contributed by atoms with van der Waals surface area (Å²) in [6.45, 7) is 3.42. The third-order valence-corrected chi connectivity index (χ3v) is 8.05. The number of hydrogen-bond acceptors (Lipinski definition) is 4. The molecule has 156 valence electrons. The quantitative estimate of drug-likeness (QED) is 0.612. The van der Waals surface area contributed by atoms with E-state index in [2.05, 4.69) is 5.32 Å². The van der Waals surface area contributed by atoms with Crippen LogP contribution in [0.25, 0.3) is 0 Å². The number of benzene rings is 2. The van der Waals surface area contributed by atoms with E-state index in [-0.39, 0.29) is 10.8 Å². The molecule has 1 fully saturated rings. The molecule has 1 saturated heterocycles. The largest absolute Gasteiger partial charge is 0.351 e. The standard InChI is InChI=1S/C21H25ClN2O3S2/c1-16-4-9-19(29(26,27)24-11-2-3-12-24)14-20(16)21(25)23-10-13-28-15-17-5-7-18(22)8-6-17/h4-9,14H,2-3,10-13,15H2,1H3,(H,23,25). The van der Waals surface area contributed by atoms with Crippen molar-refractivity contribution in [1.29, 1.82) is 0 Å². The Kier molecular flexibility index (Phi) is 7.62. The predicted octanol–water partition coefficient (Wildman–Crippen LogP) is 4.10. The fraction of sp³-hybridized carbons (Fsp3) is 0.381. The number of aryl methyl sites for hydroxylation is 1. The molecule has 0 aromatic heterocycles. The van der Waals surface area contributed by atoms with E-state index >= 15 is 0 Å². The molecule has 0 aliphatic carbocycles. The van der Waals surface area contributed by atoms with E-state index in [4.69, 9.17) is 11.6 Å². The summed E-state index contributed by atoms with van der Waals surface area (Å²) < 4.78 is 27.0. The lowest BCUT2D eigenvalue weighted by atomic mass is 10.1. The molecular formula is C21H25ClN2O3S2. The maximum absolute atomic E-state index is 12.8. The lowest BCUT2D eigenvalue weighted by Gasteiger charge is -2.17. The highest BCUT2D eigenvalue weighted by atomic mass is 35.5. The van der Waals surface area contributed by atoms with Gasteiger partial charge in [0.15, 0.2) is 0 Å². The Morgan fingerprint density at radius 2 is 1.83 bits per heavy atom. The highest BCUT2D eigenvalue weighted by Gasteiger charge is 2.28. The monoisotopic (exact) mass is 452 g/mol. The van der Waals surface area contributed by atoms with Crippen LogP contribution in [-0.2, 0) is 15.8 Å². The average molecular weight is 453 g/mol. The Labute approximate surface area is 181 Å². The minimum atomic E-state index is -3.53. The molecule has 0 spiro atoms. The first kappa shape index (κ1) is 22.2. The fourth-order valence-electron chi connectivity index (χ4n) is 3.19. The van der Waals surface area contributed by atoms with Crippen molar-refractivity contribution in [3.8, 4) is 0 Å². The summed E-state index contributed by atoms with van der Waals surface area (Å²) in [5.74, 6) is 1.36. The smallest absolute Gasteiger partial charge is 0.251 e. The zero-order valence-corrected chi connectivity index (χ0v) is 18.7. The summed E-state index contributed by atoms with van der Waals surface area (Å²) in [6, 6.07) is 12.5. The Morgan fingerprint density at radius 1 is 1.14 bits per heavy atom. The van der Waals surface area contributed by atoms with Gasteiger partial charge in [-0.2, -0.15) is 16.1 Å². The summed E-state index contributed by atoms with van der Waals surface area (Å²) in [5, 5.41) is 3.61. The van der Waals surface area contributed by atoms with Crippen LogP contribution in [0.1, 0.15) is 34.3 Å². The molecule has 1 aliphatic rings. The lowest BCUT2D eigenvalue weighted by Crippen LogP contribution is -2.29. The molecule has 0 bridgehead atoms. The highest BCUT2D eigenvalue weighted by Crippen LogP contribution is 2.23. The fourth-order valence-corrected chi connectivity index (χ4v) is 5.68. The topological polar surface area (TPSA) is 66.5 Å². The van der Waals surface area contributed by atoms with Gasteiger partial charge in [-0.1, -0.05) is 29.8 Å². The zero-order valence-electron chi connectivity index (χ0n) is 16.4. The Hall–Kier alpha value is -1.54. The second kappa shape index (κ2) is 9.98. The van der Waals surface area contributed by atoms with E-state index in [1.165, 1.54) is 15.9 Å². The van der Waals surface area contributed by atoms with Crippen LogP contribution in [0.15, 0.2) is 47.4 Å². The molecule has 1 N–H and O–H groups in total. The molecule has 2 aromatic carbocycles. The number of sulfonamides is 1. The Balaban J connectivity index is 1.55. The van der Waals surface area contributed by atoms with Gasteiger partial charge in [0.2, 0.25) is 10.0 Å². The van der Waals surface area contributed by atoms with Gasteiger partial charge in [-0.3, -0.25) is 4.79 Å². The van der Waals surface area contributed by atoms with Gasteiger partial charge >= 0.3 is 0 Å². The van der Waals surface area contributed by atoms with Crippen molar-refractivity contribution < 1.29 is 13.2 Å². The first-order chi connectivity index (χ1) is 13.9. The minimum absolute atomic E-state index is 0.187. The molecule has 8 heteroatoms. The van der Waals surface area contributed by atoms with Crippen molar-refractivity contribution in [3.05, 3.63) is 64.2 Å². The van der Waals surface area contributed by atoms with Crippen molar-refractivity contribution in [2.45, 2.75) is 30.4 Å². The highest BCUT2D eigenvalue weighted by molar-refractivity contribution is 7.98. The van der Waals surface area contributed by atoms with Crippen molar-refractivity contribution in [3.63, 3.8) is 0 Å². The first-order valence-electron chi connectivity index (χ1n) is 9.59. The number of thioether (sulfide) groups is 1. The van der Waals surface area contributed by atoms with E-state index in [0.717, 1.165) is 34.9 Å². The van der Waals surface area contributed by atoms with Crippen LogP contribution in [0, 0.1) is 6.92 Å². The summed E-state index contributed by atoms with van der Waals surface area (Å²) in [4.78, 5) is 12.8. The molecule has 1 heterocycles. The summed E-state index contributed by atoms with van der Waals surface area (Å²) >= 11 is 7.60. The normalized spacial score (nSPS) is 14.8. The number of nitrogens with zero attached hydrogens (tertiary/aromatic N) is 1. The molecule has 1 aliphatic heterocycles. The predicted molar refractivity (Wildman–Crippen MR) is 119 cm³/mol. The summed E-state index contributed by atoms with van der Waals surface area (Å²) in [5.41, 5.74) is 2.35. The molecule has 3 rings (SSSR count). The van der Waals surface area contributed by atoms with Gasteiger partial charge in [0.25, 0.3) is 5.91 Å². The van der Waals surface area contributed by atoms with Gasteiger partial charge in [-0.05, 0) is 55.2 Å². The van der Waals surface area contributed by atoms with E-state index in [1.807, 2.05) is 31.2 Å². The second-order valence-corrected chi connectivity index (χ2v) is 10.5. The van der Waals surface area contributed by atoms with Crippen LogP contribution in [0.2, 0.25) is 5.02 Å². The van der Waals surface area contributed by atoms with Crippen LogP contribution in [0.4, 0.5) is 0 Å². The minimum Gasteiger partial charge on any atom is -0.351 e. The number of rotatable bonds is 8. The molecular weight excluding hydrogens is 428 g/mol. The number of carbonyl (C=O) groups is 1. The number of nitrogens with one attached hydrogen (secondary N) is 1. The number of carbonyl (C=O) groups excluding carboxylic acids is 1. The molecule has 0 atom stereocenters. The van der Waals surface area contributed by atoms with Crippen LogP contribution < -0.4 is 5.32 Å². The first-order valence-corrected chi connectivity index (χ1v) is 12.6. The maximum Gasteiger partial charge on any atom is 0.251 e. The number of hydrogen-bond donors (Lipinski definition) is 1. The van der Waals surface area contributed by atoms with Crippen molar-refractivity contribution in [2.75, 3.05) is 25.4 Å². The van der Waals surface area contributed by atoms with Gasteiger partial charge in [-0.25, -0.2) is 8.42 Å². The van der Waals surface area contributed by atoms with E-state index < -0.39 is 10.0 Å². The molecule has 0 saturated carbocycles. The molecule has 0 radical (unpaired) electrons. The van der Waals surface area contributed by atoms with Gasteiger partial charge in [0.1, 0.15) is 0 Å². The van der Waals surface area contributed by atoms with Gasteiger partial charge in [0.05, 0.1) is 4.90 Å². The van der Waals surface area contributed by atoms with Gasteiger partial charge < -0.3 is 5.32 Å². The van der Waals surface area contributed by atoms with Crippen molar-refractivity contribution in [1.82, 2.24) is 9.62 Å². The van der Waals surface area contributed by atoms with Crippen LogP contribution >= 0.6 is 23.4 Å². The Morgan fingerprint density at radius 3 is 2.52 bits per heavy atom. The van der Waals surface area contributed by atoms with E-state index in [0.29, 0.717) is 25.2 Å². The molecule has 0 unspecified atom stereocenters. The molecule has 29 heavy (non-hydrogen) atoms. The molecule has 2 aromatic rings. The molecule has 5 nitrogen and oxygen atoms in total.